The molecule has 0 bridgehead atoms. The van der Waals surface area contributed by atoms with Crippen LogP contribution in [0, 0.1) is 0 Å². The van der Waals surface area contributed by atoms with Crippen LogP contribution in [0.2, 0.25) is 0 Å². The topological polar surface area (TPSA) is 125 Å². The summed E-state index contributed by atoms with van der Waals surface area (Å²) in [4.78, 5) is 39.0. The Bertz CT molecular complexity index is 401. The Morgan fingerprint density at radius 3 is 2.84 bits per heavy atom. The second kappa shape index (κ2) is 6.72. The molecule has 0 unspecified atom stereocenters. The largest absolute Gasteiger partial charge is 0.480 e. The molecule has 4 N–H and O–H groups in total. The van der Waals surface area contributed by atoms with E-state index in [0.717, 1.165) is 4.90 Å². The zero-order valence-electron chi connectivity index (χ0n) is 10.8. The number of carbonyl (C=O) groups is 3. The summed E-state index contributed by atoms with van der Waals surface area (Å²) < 4.78 is 0. The van der Waals surface area contributed by atoms with Gasteiger partial charge in [-0.1, -0.05) is 0 Å². The van der Waals surface area contributed by atoms with Crippen LogP contribution in [0.3, 0.4) is 0 Å². The van der Waals surface area contributed by atoms with E-state index in [2.05, 4.69) is 10.3 Å². The van der Waals surface area contributed by atoms with Gasteiger partial charge >= 0.3 is 5.97 Å². The lowest BCUT2D eigenvalue weighted by Gasteiger charge is -2.31. The molecule has 0 aromatic carbocycles. The predicted molar refractivity (Wildman–Crippen MR) is 67.5 cm³/mol. The fourth-order valence-corrected chi connectivity index (χ4v) is 1.82. The van der Waals surface area contributed by atoms with Gasteiger partial charge in [0.2, 0.25) is 11.8 Å². The monoisotopic (exact) mass is 270 g/mol. The standard InChI is InChI=1S/C11H18N4O4/c1-7(12)13-4-2-3-8-11(19)15(6-10(17)18)5-9(16)14-8/h8H,2-6H2,1H3,(H2,12,13)(H,14,16)(H,17,18)/t8-/m0/s1. The number of carbonyl (C=O) groups excluding carboxylic acids is 2. The van der Waals surface area contributed by atoms with Gasteiger partial charge < -0.3 is 21.1 Å². The first-order valence-corrected chi connectivity index (χ1v) is 5.96. The molecule has 8 nitrogen and oxygen atoms in total. The number of hydrogen-bond donors (Lipinski definition) is 3. The second-order valence-electron chi connectivity index (χ2n) is 4.37. The third-order valence-corrected chi connectivity index (χ3v) is 2.62. The van der Waals surface area contributed by atoms with Crippen molar-refractivity contribution in [3.63, 3.8) is 0 Å². The molecule has 8 heteroatoms. The van der Waals surface area contributed by atoms with Gasteiger partial charge in [-0.05, 0) is 19.8 Å². The van der Waals surface area contributed by atoms with Gasteiger partial charge in [-0.3, -0.25) is 19.4 Å². The molecule has 0 aliphatic carbocycles. The molecule has 1 atom stereocenters. The maximum Gasteiger partial charge on any atom is 0.323 e. The number of amides is 2. The SMILES string of the molecule is CC(N)=NCCC[C@@H]1NC(=O)CN(CC(=O)O)C1=O. The fraction of sp³-hybridized carbons (Fsp3) is 0.636. The summed E-state index contributed by atoms with van der Waals surface area (Å²) in [6.45, 7) is 1.48. The molecule has 1 saturated heterocycles. The molecule has 1 aliphatic heterocycles. The van der Waals surface area contributed by atoms with Crippen molar-refractivity contribution in [2.24, 2.45) is 10.7 Å². The number of carboxylic acids is 1. The first-order chi connectivity index (χ1) is 8.90. The van der Waals surface area contributed by atoms with E-state index in [4.69, 9.17) is 10.8 Å². The van der Waals surface area contributed by atoms with Crippen LogP contribution < -0.4 is 11.1 Å². The van der Waals surface area contributed by atoms with Gasteiger partial charge in [0.15, 0.2) is 0 Å². The maximum absolute atomic E-state index is 11.9. The van der Waals surface area contributed by atoms with Crippen LogP contribution in [0.1, 0.15) is 19.8 Å². The highest BCUT2D eigenvalue weighted by Gasteiger charge is 2.32. The first kappa shape index (κ1) is 14.9. The van der Waals surface area contributed by atoms with E-state index in [1.807, 2.05) is 0 Å². The van der Waals surface area contributed by atoms with Crippen molar-refractivity contribution >= 4 is 23.6 Å². The molecule has 19 heavy (non-hydrogen) atoms. The third kappa shape index (κ3) is 4.94. The van der Waals surface area contributed by atoms with Gasteiger partial charge in [-0.2, -0.15) is 0 Å². The molecule has 2 amide bonds. The number of nitrogens with zero attached hydrogens (tertiary/aromatic N) is 2. The van der Waals surface area contributed by atoms with E-state index in [-0.39, 0.29) is 18.4 Å². The Morgan fingerprint density at radius 1 is 1.58 bits per heavy atom. The number of aliphatic carboxylic acids is 1. The molecule has 0 saturated carbocycles. The molecular weight excluding hydrogens is 252 g/mol. The number of amidine groups is 1. The fourth-order valence-electron chi connectivity index (χ4n) is 1.82. The Balaban J connectivity index is 2.52. The van der Waals surface area contributed by atoms with E-state index in [1.54, 1.807) is 6.92 Å². The lowest BCUT2D eigenvalue weighted by Crippen LogP contribution is -2.58. The highest BCUT2D eigenvalue weighted by molar-refractivity contribution is 5.96. The molecule has 1 aliphatic rings. The predicted octanol–water partition coefficient (Wildman–Crippen LogP) is -1.44. The molecule has 1 rings (SSSR count). The summed E-state index contributed by atoms with van der Waals surface area (Å²) >= 11 is 0. The van der Waals surface area contributed by atoms with Gasteiger partial charge in [-0.15, -0.1) is 0 Å². The van der Waals surface area contributed by atoms with E-state index >= 15 is 0 Å². The third-order valence-electron chi connectivity index (χ3n) is 2.62. The van der Waals surface area contributed by atoms with Gasteiger partial charge in [0.1, 0.15) is 19.1 Å². The Hall–Kier alpha value is -2.12. The second-order valence-corrected chi connectivity index (χ2v) is 4.37. The Labute approximate surface area is 110 Å². The highest BCUT2D eigenvalue weighted by Crippen LogP contribution is 2.08. The van der Waals surface area contributed by atoms with Gasteiger partial charge in [0.05, 0.1) is 5.84 Å². The number of piperazine rings is 1. The van der Waals surface area contributed by atoms with Crippen molar-refractivity contribution in [3.8, 4) is 0 Å². The lowest BCUT2D eigenvalue weighted by atomic mass is 10.1. The number of carboxylic acid groups (broad SMARTS) is 1. The van der Waals surface area contributed by atoms with Crippen molar-refractivity contribution in [1.82, 2.24) is 10.2 Å². The van der Waals surface area contributed by atoms with Crippen molar-refractivity contribution < 1.29 is 19.5 Å². The Morgan fingerprint density at radius 2 is 2.26 bits per heavy atom. The zero-order chi connectivity index (χ0) is 14.4. The summed E-state index contributed by atoms with van der Waals surface area (Å²) in [5.41, 5.74) is 5.38. The van der Waals surface area contributed by atoms with Gasteiger partial charge in [-0.25, -0.2) is 0 Å². The molecule has 0 aromatic heterocycles. The normalized spacial score (nSPS) is 20.4. The van der Waals surface area contributed by atoms with Crippen molar-refractivity contribution in [3.05, 3.63) is 0 Å². The van der Waals surface area contributed by atoms with Crippen LogP contribution in [-0.4, -0.2) is 59.3 Å². The number of hydrogen-bond acceptors (Lipinski definition) is 4. The molecule has 106 valence electrons. The summed E-state index contributed by atoms with van der Waals surface area (Å²) in [6.07, 6.45) is 1.00. The minimum Gasteiger partial charge on any atom is -0.480 e. The molecule has 0 radical (unpaired) electrons. The average Bonchev–Trinajstić information content (AvgIpc) is 2.29. The van der Waals surface area contributed by atoms with Crippen LogP contribution in [0.25, 0.3) is 0 Å². The van der Waals surface area contributed by atoms with Crippen molar-refractivity contribution in [2.75, 3.05) is 19.6 Å². The first-order valence-electron chi connectivity index (χ1n) is 5.96. The average molecular weight is 270 g/mol. The number of rotatable bonds is 6. The zero-order valence-corrected chi connectivity index (χ0v) is 10.8. The van der Waals surface area contributed by atoms with Crippen LogP contribution in [0.5, 0.6) is 0 Å². The van der Waals surface area contributed by atoms with Crippen LogP contribution in [0.4, 0.5) is 0 Å². The van der Waals surface area contributed by atoms with Crippen LogP contribution >= 0.6 is 0 Å². The van der Waals surface area contributed by atoms with Crippen LogP contribution in [0.15, 0.2) is 4.99 Å². The molecule has 1 heterocycles. The number of nitrogens with one attached hydrogen (secondary N) is 1. The smallest absolute Gasteiger partial charge is 0.323 e. The minimum atomic E-state index is -1.13. The minimum absolute atomic E-state index is 0.207. The molecular formula is C11H18N4O4. The van der Waals surface area contributed by atoms with E-state index in [1.165, 1.54) is 0 Å². The van der Waals surface area contributed by atoms with Crippen LogP contribution in [-0.2, 0) is 14.4 Å². The maximum atomic E-state index is 11.9. The Kier molecular flexibility index (Phi) is 5.28. The summed E-state index contributed by atoms with van der Waals surface area (Å²) in [6, 6.07) is -0.672. The summed E-state index contributed by atoms with van der Waals surface area (Å²) in [5, 5.41) is 11.2. The summed E-state index contributed by atoms with van der Waals surface area (Å²) in [5.74, 6) is -1.38. The number of nitrogens with two attached hydrogens (primary N) is 1. The highest BCUT2D eigenvalue weighted by atomic mass is 16.4. The summed E-state index contributed by atoms with van der Waals surface area (Å²) in [7, 11) is 0. The van der Waals surface area contributed by atoms with E-state index in [9.17, 15) is 14.4 Å². The number of aliphatic imine (C=N–C) groups is 1. The molecule has 1 fully saturated rings. The van der Waals surface area contributed by atoms with Crippen molar-refractivity contribution in [2.45, 2.75) is 25.8 Å². The van der Waals surface area contributed by atoms with Crippen molar-refractivity contribution in [1.29, 1.82) is 0 Å². The molecule has 0 aromatic rings. The quantitative estimate of drug-likeness (QED) is 0.309. The molecule has 0 spiro atoms. The van der Waals surface area contributed by atoms with Gasteiger partial charge in [0.25, 0.3) is 0 Å². The lowest BCUT2D eigenvalue weighted by molar-refractivity contribution is -0.150. The van der Waals surface area contributed by atoms with Gasteiger partial charge in [0, 0.05) is 6.54 Å². The van der Waals surface area contributed by atoms with E-state index < -0.39 is 18.6 Å². The van der Waals surface area contributed by atoms with E-state index in [0.29, 0.717) is 25.2 Å².